The average molecular weight is 324 g/mol. The summed E-state index contributed by atoms with van der Waals surface area (Å²) in [6.07, 6.45) is -0.453. The zero-order chi connectivity index (χ0) is 15.8. The van der Waals surface area contributed by atoms with Crippen molar-refractivity contribution in [1.82, 2.24) is 5.32 Å². The summed E-state index contributed by atoms with van der Waals surface area (Å²) < 4.78 is 10.0. The number of morpholine rings is 1. The number of hydrogen-bond acceptors (Lipinski definition) is 6. The van der Waals surface area contributed by atoms with Crippen LogP contribution in [0.15, 0.2) is 24.3 Å². The molecule has 2 N–H and O–H groups in total. The first-order valence-corrected chi connectivity index (χ1v) is 8.21. The first-order valence-electron chi connectivity index (χ1n) is 7.05. The van der Waals surface area contributed by atoms with Crippen LogP contribution in [0.25, 0.3) is 0 Å². The quantitative estimate of drug-likeness (QED) is 0.761. The van der Waals surface area contributed by atoms with Crippen LogP contribution in [0.2, 0.25) is 0 Å². The Hall–Kier alpha value is -1.57. The fourth-order valence-electron chi connectivity index (χ4n) is 2.01. The molecule has 0 spiro atoms. The summed E-state index contributed by atoms with van der Waals surface area (Å²) in [6.45, 7) is 1.85. The third-order valence-electron chi connectivity index (χ3n) is 3.13. The molecule has 1 atom stereocenters. The number of carbonyl (C=O) groups excluding carboxylic acids is 2. The van der Waals surface area contributed by atoms with Gasteiger partial charge in [-0.05, 0) is 17.7 Å². The summed E-state index contributed by atoms with van der Waals surface area (Å²) in [6, 6.07) is 7.57. The number of benzene rings is 1. The van der Waals surface area contributed by atoms with E-state index >= 15 is 0 Å². The number of hydrogen-bond donors (Lipinski definition) is 2. The predicted octanol–water partition coefficient (Wildman–Crippen LogP) is 1.02. The van der Waals surface area contributed by atoms with Crippen molar-refractivity contribution in [2.45, 2.75) is 11.9 Å². The number of amides is 1. The molecule has 6 nitrogen and oxygen atoms in total. The van der Waals surface area contributed by atoms with Crippen LogP contribution in [0.3, 0.4) is 0 Å². The van der Waals surface area contributed by atoms with Crippen molar-refractivity contribution in [3.8, 4) is 0 Å². The molecule has 1 unspecified atom stereocenters. The van der Waals surface area contributed by atoms with Crippen LogP contribution in [0.5, 0.6) is 0 Å². The largest absolute Gasteiger partial charge is 0.468 e. The third kappa shape index (κ3) is 5.32. The van der Waals surface area contributed by atoms with Gasteiger partial charge in [-0.15, -0.1) is 11.8 Å². The van der Waals surface area contributed by atoms with E-state index in [9.17, 15) is 9.59 Å². The lowest BCUT2D eigenvalue weighted by Crippen LogP contribution is -2.45. The van der Waals surface area contributed by atoms with Crippen molar-refractivity contribution in [2.24, 2.45) is 0 Å². The Morgan fingerprint density at radius 3 is 3.09 bits per heavy atom. The first kappa shape index (κ1) is 16.8. The van der Waals surface area contributed by atoms with E-state index in [2.05, 4.69) is 15.4 Å². The van der Waals surface area contributed by atoms with Crippen molar-refractivity contribution >= 4 is 29.3 Å². The molecule has 0 bridgehead atoms. The minimum absolute atomic E-state index is 0.147. The van der Waals surface area contributed by atoms with E-state index in [1.165, 1.54) is 18.9 Å². The lowest BCUT2D eigenvalue weighted by atomic mass is 10.2. The van der Waals surface area contributed by atoms with E-state index in [0.29, 0.717) is 24.7 Å². The topological polar surface area (TPSA) is 76.7 Å². The van der Waals surface area contributed by atoms with Crippen LogP contribution >= 0.6 is 11.8 Å². The molecule has 1 aliphatic rings. The Morgan fingerprint density at radius 2 is 2.36 bits per heavy atom. The van der Waals surface area contributed by atoms with Crippen LogP contribution in [0.4, 0.5) is 5.69 Å². The first-order chi connectivity index (χ1) is 10.7. The molecular weight excluding hydrogens is 304 g/mol. The van der Waals surface area contributed by atoms with Crippen molar-refractivity contribution in [3.63, 3.8) is 0 Å². The highest BCUT2D eigenvalue weighted by Crippen LogP contribution is 2.17. The summed E-state index contributed by atoms with van der Waals surface area (Å²) >= 11 is 1.47. The van der Waals surface area contributed by atoms with Crippen LogP contribution in [0.1, 0.15) is 5.56 Å². The van der Waals surface area contributed by atoms with Gasteiger partial charge in [-0.3, -0.25) is 9.59 Å². The Morgan fingerprint density at radius 1 is 1.50 bits per heavy atom. The van der Waals surface area contributed by atoms with Crippen LogP contribution < -0.4 is 10.6 Å². The highest BCUT2D eigenvalue weighted by Gasteiger charge is 2.21. The second-order valence-corrected chi connectivity index (χ2v) is 5.81. The van der Waals surface area contributed by atoms with Crippen molar-refractivity contribution in [2.75, 3.05) is 37.9 Å². The van der Waals surface area contributed by atoms with Gasteiger partial charge in [0.05, 0.1) is 19.5 Å². The lowest BCUT2D eigenvalue weighted by Gasteiger charge is -2.22. The normalized spacial score (nSPS) is 17.8. The smallest absolute Gasteiger partial charge is 0.315 e. The molecule has 1 amide bonds. The number of anilines is 1. The SMILES string of the molecule is COC(=O)CSCc1cccc(NC(=O)C2CNCCO2)c1. The molecule has 0 saturated carbocycles. The molecule has 2 rings (SSSR count). The fraction of sp³-hybridized carbons (Fsp3) is 0.467. The van der Waals surface area contributed by atoms with E-state index in [1.807, 2.05) is 24.3 Å². The summed E-state index contributed by atoms with van der Waals surface area (Å²) in [5.74, 6) is 0.609. The zero-order valence-corrected chi connectivity index (χ0v) is 13.3. The minimum atomic E-state index is -0.453. The van der Waals surface area contributed by atoms with Crippen LogP contribution in [-0.2, 0) is 24.8 Å². The van der Waals surface area contributed by atoms with E-state index in [4.69, 9.17) is 4.74 Å². The second-order valence-electron chi connectivity index (χ2n) is 4.82. The molecule has 1 saturated heterocycles. The number of esters is 1. The second kappa shape index (κ2) is 8.77. The number of carbonyl (C=O) groups is 2. The molecule has 0 aliphatic carbocycles. The fourth-order valence-corrected chi connectivity index (χ4v) is 2.81. The number of thioether (sulfide) groups is 1. The molecule has 0 radical (unpaired) electrons. The standard InChI is InChI=1S/C15H20N2O4S/c1-20-14(18)10-22-9-11-3-2-4-12(7-11)17-15(19)13-8-16-5-6-21-13/h2-4,7,13,16H,5-6,8-10H2,1H3,(H,17,19). The van der Waals surface area contributed by atoms with Gasteiger partial charge in [0.15, 0.2) is 0 Å². The number of nitrogens with one attached hydrogen (secondary N) is 2. The van der Waals surface area contributed by atoms with Crippen molar-refractivity contribution in [1.29, 1.82) is 0 Å². The molecule has 1 fully saturated rings. The summed E-state index contributed by atoms with van der Waals surface area (Å²) in [7, 11) is 1.38. The Labute approximate surface area is 133 Å². The molecule has 22 heavy (non-hydrogen) atoms. The maximum atomic E-state index is 12.1. The van der Waals surface area contributed by atoms with E-state index < -0.39 is 6.10 Å². The van der Waals surface area contributed by atoms with Gasteiger partial charge >= 0.3 is 5.97 Å². The molecule has 0 aromatic heterocycles. The molecule has 1 aliphatic heterocycles. The monoisotopic (exact) mass is 324 g/mol. The highest BCUT2D eigenvalue weighted by molar-refractivity contribution is 7.99. The maximum absolute atomic E-state index is 12.1. The maximum Gasteiger partial charge on any atom is 0.315 e. The van der Waals surface area contributed by atoms with Crippen molar-refractivity contribution in [3.05, 3.63) is 29.8 Å². The van der Waals surface area contributed by atoms with Gasteiger partial charge in [0, 0.05) is 24.5 Å². The minimum Gasteiger partial charge on any atom is -0.468 e. The lowest BCUT2D eigenvalue weighted by molar-refractivity contribution is -0.137. The van der Waals surface area contributed by atoms with Crippen LogP contribution in [0, 0.1) is 0 Å². The molecule has 1 aromatic rings. The molecule has 1 aromatic carbocycles. The van der Waals surface area contributed by atoms with E-state index in [0.717, 1.165) is 17.8 Å². The zero-order valence-electron chi connectivity index (χ0n) is 12.5. The van der Waals surface area contributed by atoms with Gasteiger partial charge < -0.3 is 20.1 Å². The Kier molecular flexibility index (Phi) is 6.70. The number of rotatable bonds is 6. The van der Waals surface area contributed by atoms with Gasteiger partial charge in [-0.25, -0.2) is 0 Å². The average Bonchev–Trinajstić information content (AvgIpc) is 2.56. The van der Waals surface area contributed by atoms with E-state index in [1.54, 1.807) is 0 Å². The summed E-state index contributed by atoms with van der Waals surface area (Å²) in [4.78, 5) is 23.1. The van der Waals surface area contributed by atoms with Crippen molar-refractivity contribution < 1.29 is 19.1 Å². The third-order valence-corrected chi connectivity index (χ3v) is 4.11. The molecule has 120 valence electrons. The summed E-state index contributed by atoms with van der Waals surface area (Å²) in [5, 5.41) is 5.98. The van der Waals surface area contributed by atoms with Gasteiger partial charge in [-0.2, -0.15) is 0 Å². The van der Waals surface area contributed by atoms with E-state index in [-0.39, 0.29) is 11.9 Å². The number of ether oxygens (including phenoxy) is 2. The van der Waals surface area contributed by atoms with Gasteiger partial charge in [0.1, 0.15) is 6.10 Å². The predicted molar refractivity (Wildman–Crippen MR) is 85.9 cm³/mol. The van der Waals surface area contributed by atoms with Gasteiger partial charge in [-0.1, -0.05) is 12.1 Å². The summed E-state index contributed by atoms with van der Waals surface area (Å²) in [5.41, 5.74) is 1.77. The number of methoxy groups -OCH3 is 1. The van der Waals surface area contributed by atoms with Crippen LogP contribution in [-0.4, -0.2) is 50.5 Å². The highest BCUT2D eigenvalue weighted by atomic mass is 32.2. The Balaban J connectivity index is 1.85. The molecule has 1 heterocycles. The molecular formula is C15H20N2O4S. The van der Waals surface area contributed by atoms with Gasteiger partial charge in [0.25, 0.3) is 5.91 Å². The van der Waals surface area contributed by atoms with Gasteiger partial charge in [0.2, 0.25) is 0 Å². The molecule has 7 heteroatoms. The Bertz CT molecular complexity index is 518.